The molecule has 6 heteroatoms. The lowest BCUT2D eigenvalue weighted by Gasteiger charge is -2.04. The molecular formula is C14H11N3O3. The van der Waals surface area contributed by atoms with E-state index in [-0.39, 0.29) is 12.3 Å². The third kappa shape index (κ3) is 2.18. The molecule has 100 valence electrons. The van der Waals surface area contributed by atoms with Crippen LogP contribution in [-0.2, 0) is 6.61 Å². The Balaban J connectivity index is 1.94. The summed E-state index contributed by atoms with van der Waals surface area (Å²) in [6, 6.07) is 10.9. The molecule has 1 N–H and O–H groups in total. The van der Waals surface area contributed by atoms with Gasteiger partial charge in [-0.25, -0.2) is 14.8 Å². The lowest BCUT2D eigenvalue weighted by atomic mass is 10.3. The van der Waals surface area contributed by atoms with Gasteiger partial charge < -0.3 is 9.84 Å². The SMILES string of the molecule is O=C(O)c1nc(COc2ccccc2)n2cnccc12. The van der Waals surface area contributed by atoms with Crippen molar-refractivity contribution >= 4 is 11.5 Å². The molecule has 20 heavy (non-hydrogen) atoms. The molecular weight excluding hydrogens is 258 g/mol. The predicted octanol–water partition coefficient (Wildman–Crippen LogP) is 2.01. The zero-order valence-corrected chi connectivity index (χ0v) is 10.4. The van der Waals surface area contributed by atoms with E-state index in [0.717, 1.165) is 0 Å². The van der Waals surface area contributed by atoms with Crippen LogP contribution in [0.25, 0.3) is 5.52 Å². The van der Waals surface area contributed by atoms with E-state index >= 15 is 0 Å². The Kier molecular flexibility index (Phi) is 3.04. The minimum Gasteiger partial charge on any atom is -0.486 e. The lowest BCUT2D eigenvalue weighted by Crippen LogP contribution is -2.01. The number of carbonyl (C=O) groups is 1. The van der Waals surface area contributed by atoms with Crippen molar-refractivity contribution in [3.63, 3.8) is 0 Å². The number of hydrogen-bond acceptors (Lipinski definition) is 4. The fourth-order valence-corrected chi connectivity index (χ4v) is 1.92. The van der Waals surface area contributed by atoms with Crippen LogP contribution in [0.3, 0.4) is 0 Å². The van der Waals surface area contributed by atoms with Crippen molar-refractivity contribution in [3.8, 4) is 5.75 Å². The highest BCUT2D eigenvalue weighted by Crippen LogP contribution is 2.15. The van der Waals surface area contributed by atoms with Gasteiger partial charge in [0.2, 0.25) is 0 Å². The lowest BCUT2D eigenvalue weighted by molar-refractivity contribution is 0.0693. The van der Waals surface area contributed by atoms with E-state index in [2.05, 4.69) is 9.97 Å². The van der Waals surface area contributed by atoms with Crippen molar-refractivity contribution in [2.75, 3.05) is 0 Å². The maximum Gasteiger partial charge on any atom is 0.356 e. The third-order valence-electron chi connectivity index (χ3n) is 2.84. The van der Waals surface area contributed by atoms with Crippen LogP contribution in [0.4, 0.5) is 0 Å². The summed E-state index contributed by atoms with van der Waals surface area (Å²) in [6.45, 7) is 0.171. The summed E-state index contributed by atoms with van der Waals surface area (Å²) in [5.41, 5.74) is 0.498. The number of ether oxygens (including phenoxy) is 1. The molecule has 0 radical (unpaired) electrons. The van der Waals surface area contributed by atoms with Crippen molar-refractivity contribution in [2.45, 2.75) is 6.61 Å². The van der Waals surface area contributed by atoms with Gasteiger partial charge in [0, 0.05) is 6.20 Å². The molecule has 2 heterocycles. The first-order valence-electron chi connectivity index (χ1n) is 5.98. The first-order chi connectivity index (χ1) is 9.75. The molecule has 0 saturated heterocycles. The van der Waals surface area contributed by atoms with Crippen molar-refractivity contribution in [2.24, 2.45) is 0 Å². The number of benzene rings is 1. The first-order valence-corrected chi connectivity index (χ1v) is 5.98. The molecule has 3 rings (SSSR count). The average molecular weight is 269 g/mol. The third-order valence-corrected chi connectivity index (χ3v) is 2.84. The Morgan fingerprint density at radius 3 is 2.80 bits per heavy atom. The Morgan fingerprint density at radius 1 is 1.25 bits per heavy atom. The van der Waals surface area contributed by atoms with Crippen molar-refractivity contribution < 1.29 is 14.6 Å². The van der Waals surface area contributed by atoms with E-state index in [1.165, 1.54) is 12.5 Å². The first kappa shape index (κ1) is 12.2. The molecule has 0 aliphatic carbocycles. The van der Waals surface area contributed by atoms with Gasteiger partial charge in [-0.3, -0.25) is 4.40 Å². The van der Waals surface area contributed by atoms with Crippen LogP contribution in [0.15, 0.2) is 48.9 Å². The van der Waals surface area contributed by atoms with Crippen LogP contribution in [0.2, 0.25) is 0 Å². The highest BCUT2D eigenvalue weighted by atomic mass is 16.5. The molecule has 0 amide bonds. The summed E-state index contributed by atoms with van der Waals surface area (Å²) in [7, 11) is 0. The minimum atomic E-state index is -1.07. The fraction of sp³-hybridized carbons (Fsp3) is 0.0714. The molecule has 0 atom stereocenters. The van der Waals surface area contributed by atoms with Gasteiger partial charge in [0.15, 0.2) is 11.5 Å². The normalized spacial score (nSPS) is 10.6. The summed E-state index contributed by atoms with van der Waals surface area (Å²) in [5.74, 6) is 0.124. The van der Waals surface area contributed by atoms with Crippen LogP contribution in [0.5, 0.6) is 5.75 Å². The van der Waals surface area contributed by atoms with Crippen molar-refractivity contribution in [1.82, 2.24) is 14.4 Å². The van der Waals surface area contributed by atoms with Gasteiger partial charge in [-0.1, -0.05) is 18.2 Å². The Hall–Kier alpha value is -2.89. The molecule has 0 unspecified atom stereocenters. The maximum atomic E-state index is 11.2. The number of rotatable bonds is 4. The summed E-state index contributed by atoms with van der Waals surface area (Å²) >= 11 is 0. The summed E-state index contributed by atoms with van der Waals surface area (Å²) in [6.07, 6.45) is 3.06. The molecule has 6 nitrogen and oxygen atoms in total. The van der Waals surface area contributed by atoms with Crippen LogP contribution in [0, 0.1) is 0 Å². The number of para-hydroxylation sites is 1. The number of fused-ring (bicyclic) bond motifs is 1. The quantitative estimate of drug-likeness (QED) is 0.784. The van der Waals surface area contributed by atoms with Gasteiger partial charge in [0.1, 0.15) is 18.7 Å². The van der Waals surface area contributed by atoms with E-state index in [1.54, 1.807) is 10.5 Å². The second-order valence-corrected chi connectivity index (χ2v) is 4.12. The molecule has 0 bridgehead atoms. The standard InChI is InChI=1S/C14H11N3O3/c18-14(19)13-11-6-7-15-9-17(11)12(16-13)8-20-10-4-2-1-3-5-10/h1-7,9H,8H2,(H,18,19). The van der Waals surface area contributed by atoms with Gasteiger partial charge in [-0.2, -0.15) is 0 Å². The molecule has 0 aliphatic heterocycles. The number of aromatic carboxylic acids is 1. The number of nitrogens with zero attached hydrogens (tertiary/aromatic N) is 3. The molecule has 0 aliphatic rings. The van der Waals surface area contributed by atoms with Crippen molar-refractivity contribution in [1.29, 1.82) is 0 Å². The highest BCUT2D eigenvalue weighted by Gasteiger charge is 2.16. The van der Waals surface area contributed by atoms with E-state index in [4.69, 9.17) is 9.84 Å². The van der Waals surface area contributed by atoms with Gasteiger partial charge in [-0.15, -0.1) is 0 Å². The van der Waals surface area contributed by atoms with E-state index in [1.807, 2.05) is 30.3 Å². The van der Waals surface area contributed by atoms with E-state index in [9.17, 15) is 4.79 Å². The minimum absolute atomic E-state index is 0.000869. The molecule has 0 spiro atoms. The Bertz CT molecular complexity index is 753. The number of carboxylic acid groups (broad SMARTS) is 1. The molecule has 0 saturated carbocycles. The summed E-state index contributed by atoms with van der Waals surface area (Å²) < 4.78 is 7.21. The molecule has 0 fully saturated rings. The zero-order valence-electron chi connectivity index (χ0n) is 10.4. The number of imidazole rings is 1. The largest absolute Gasteiger partial charge is 0.486 e. The smallest absolute Gasteiger partial charge is 0.356 e. The monoisotopic (exact) mass is 269 g/mol. The Morgan fingerprint density at radius 2 is 2.05 bits per heavy atom. The number of aromatic nitrogens is 3. The second-order valence-electron chi connectivity index (χ2n) is 4.12. The van der Waals surface area contributed by atoms with Crippen molar-refractivity contribution in [3.05, 3.63) is 60.4 Å². The topological polar surface area (TPSA) is 76.7 Å². The van der Waals surface area contributed by atoms with Crippen LogP contribution in [-0.4, -0.2) is 25.4 Å². The van der Waals surface area contributed by atoms with Crippen LogP contribution in [0.1, 0.15) is 16.3 Å². The maximum absolute atomic E-state index is 11.2. The molecule has 3 aromatic rings. The average Bonchev–Trinajstić information content (AvgIpc) is 2.85. The van der Waals surface area contributed by atoms with Crippen LogP contribution < -0.4 is 4.74 Å². The molecule has 1 aromatic carbocycles. The van der Waals surface area contributed by atoms with Gasteiger partial charge in [0.25, 0.3) is 0 Å². The zero-order chi connectivity index (χ0) is 13.9. The summed E-state index contributed by atoms with van der Waals surface area (Å²) in [4.78, 5) is 19.2. The van der Waals surface area contributed by atoms with Gasteiger partial charge in [-0.05, 0) is 18.2 Å². The number of hydrogen-bond donors (Lipinski definition) is 1. The van der Waals surface area contributed by atoms with E-state index < -0.39 is 5.97 Å². The van der Waals surface area contributed by atoms with Gasteiger partial charge >= 0.3 is 5.97 Å². The van der Waals surface area contributed by atoms with Gasteiger partial charge in [0.05, 0.1) is 5.52 Å². The highest BCUT2D eigenvalue weighted by molar-refractivity contribution is 5.93. The van der Waals surface area contributed by atoms with Crippen LogP contribution >= 0.6 is 0 Å². The predicted molar refractivity (Wildman–Crippen MR) is 70.7 cm³/mol. The number of carboxylic acids is 1. The Labute approximate surface area is 114 Å². The van der Waals surface area contributed by atoms with E-state index in [0.29, 0.717) is 17.1 Å². The second kappa shape index (κ2) is 5.00. The fourth-order valence-electron chi connectivity index (χ4n) is 1.92. The molecule has 2 aromatic heterocycles. The summed E-state index contributed by atoms with van der Waals surface area (Å²) in [5, 5.41) is 9.14.